The van der Waals surface area contributed by atoms with E-state index in [1.807, 2.05) is 6.92 Å². The lowest BCUT2D eigenvalue weighted by molar-refractivity contribution is 0.0564. The molecule has 0 saturated carbocycles. The Bertz CT molecular complexity index is 872. The smallest absolute Gasteiger partial charge is 0.255 e. The molecule has 7 nitrogen and oxygen atoms in total. The number of likely N-dealkylation sites (tertiary alicyclic amines) is 1. The molecule has 2 aromatic heterocycles. The average Bonchev–Trinajstić information content (AvgIpc) is 3.05. The van der Waals surface area contributed by atoms with Crippen LogP contribution in [0.25, 0.3) is 5.65 Å². The molecule has 3 heterocycles. The number of nitrogens with two attached hydrogens (primary N) is 1. The molecule has 1 aliphatic rings. The van der Waals surface area contributed by atoms with Gasteiger partial charge in [0.25, 0.3) is 5.91 Å². The van der Waals surface area contributed by atoms with Crippen LogP contribution in [0.4, 0.5) is 5.82 Å². The van der Waals surface area contributed by atoms with E-state index in [1.165, 1.54) is 0 Å². The molecule has 1 fully saturated rings. The summed E-state index contributed by atoms with van der Waals surface area (Å²) >= 11 is 6.22. The number of hydrogen-bond donors (Lipinski definition) is 2. The Balaban J connectivity index is 1.56. The Morgan fingerprint density at radius 2 is 2.10 bits per heavy atom. The van der Waals surface area contributed by atoms with Gasteiger partial charge >= 0.3 is 0 Å². The monoisotopic (exact) mass is 421 g/mol. The van der Waals surface area contributed by atoms with Crippen molar-refractivity contribution in [2.75, 3.05) is 45.6 Å². The lowest BCUT2D eigenvalue weighted by Crippen LogP contribution is -2.43. The third-order valence-electron chi connectivity index (χ3n) is 5.53. The summed E-state index contributed by atoms with van der Waals surface area (Å²) in [5.41, 5.74) is 7.95. The number of methoxy groups -OCH3 is 1. The van der Waals surface area contributed by atoms with Gasteiger partial charge in [0.1, 0.15) is 5.82 Å². The SMILES string of the molecule is COCC(C)(C)CN1CCC(CNC(=O)c2cc(Cl)c(N)n3cc(C)nc23)CC1. The summed E-state index contributed by atoms with van der Waals surface area (Å²) in [5, 5.41) is 3.42. The summed E-state index contributed by atoms with van der Waals surface area (Å²) in [6.07, 6.45) is 3.93. The number of nitrogen functional groups attached to an aromatic ring is 1. The molecule has 8 heteroatoms. The summed E-state index contributed by atoms with van der Waals surface area (Å²) in [5.74, 6) is 0.705. The van der Waals surface area contributed by atoms with Gasteiger partial charge in [0.2, 0.25) is 0 Å². The maximum Gasteiger partial charge on any atom is 0.255 e. The van der Waals surface area contributed by atoms with Gasteiger partial charge in [-0.2, -0.15) is 0 Å². The summed E-state index contributed by atoms with van der Waals surface area (Å²) in [4.78, 5) is 19.7. The number of imidazole rings is 1. The molecule has 0 unspecified atom stereocenters. The molecule has 3 N–H and O–H groups in total. The zero-order chi connectivity index (χ0) is 21.2. The van der Waals surface area contributed by atoms with Crippen LogP contribution in [-0.4, -0.2) is 60.1 Å². The lowest BCUT2D eigenvalue weighted by Gasteiger charge is -2.37. The number of carbonyl (C=O) groups is 1. The van der Waals surface area contributed by atoms with Crippen LogP contribution in [0.5, 0.6) is 0 Å². The predicted molar refractivity (Wildman–Crippen MR) is 117 cm³/mol. The molecule has 29 heavy (non-hydrogen) atoms. The number of aryl methyl sites for hydroxylation is 1. The van der Waals surface area contributed by atoms with Gasteiger partial charge in [-0.3, -0.25) is 9.20 Å². The van der Waals surface area contributed by atoms with Crippen molar-refractivity contribution >= 4 is 29.0 Å². The standard InChI is InChI=1S/C21H32ClN5O2/c1-14-11-27-18(23)17(22)9-16(19(27)25-14)20(28)24-10-15-5-7-26(8-6-15)12-21(2,3)13-29-4/h9,11,15H,5-8,10,12-13,23H2,1-4H3,(H,24,28). The summed E-state index contributed by atoms with van der Waals surface area (Å²) in [7, 11) is 1.75. The number of aromatic nitrogens is 2. The van der Waals surface area contributed by atoms with Crippen molar-refractivity contribution < 1.29 is 9.53 Å². The fourth-order valence-corrected chi connectivity index (χ4v) is 4.34. The minimum absolute atomic E-state index is 0.151. The van der Waals surface area contributed by atoms with Crippen LogP contribution in [0.15, 0.2) is 12.3 Å². The number of nitrogens with zero attached hydrogens (tertiary/aromatic N) is 3. The zero-order valence-corrected chi connectivity index (χ0v) is 18.6. The molecule has 2 aromatic rings. The van der Waals surface area contributed by atoms with Gasteiger partial charge in [-0.25, -0.2) is 4.98 Å². The van der Waals surface area contributed by atoms with Gasteiger partial charge in [0.15, 0.2) is 5.65 Å². The molecule has 0 bridgehead atoms. The quantitative estimate of drug-likeness (QED) is 0.717. The van der Waals surface area contributed by atoms with Crippen molar-refractivity contribution in [2.24, 2.45) is 11.3 Å². The van der Waals surface area contributed by atoms with Crippen LogP contribution in [0.2, 0.25) is 5.02 Å². The Kier molecular flexibility index (Phi) is 6.71. The molecule has 3 rings (SSSR count). The molecule has 0 aromatic carbocycles. The van der Waals surface area contributed by atoms with Crippen LogP contribution in [-0.2, 0) is 4.74 Å². The van der Waals surface area contributed by atoms with Gasteiger partial charge in [-0.05, 0) is 44.8 Å². The molecule has 1 amide bonds. The van der Waals surface area contributed by atoms with Crippen molar-refractivity contribution in [3.8, 4) is 0 Å². The largest absolute Gasteiger partial charge is 0.384 e. The third-order valence-corrected chi connectivity index (χ3v) is 5.84. The maximum absolute atomic E-state index is 12.8. The first-order chi connectivity index (χ1) is 13.7. The lowest BCUT2D eigenvalue weighted by atomic mass is 9.91. The van der Waals surface area contributed by atoms with E-state index in [0.29, 0.717) is 34.5 Å². The number of amides is 1. The molecule has 1 saturated heterocycles. The molecule has 0 spiro atoms. The summed E-state index contributed by atoms with van der Waals surface area (Å²) in [6.45, 7) is 10.9. The third kappa shape index (κ3) is 5.21. The highest BCUT2D eigenvalue weighted by molar-refractivity contribution is 6.33. The van der Waals surface area contributed by atoms with Crippen LogP contribution in [0.1, 0.15) is 42.7 Å². The zero-order valence-electron chi connectivity index (χ0n) is 17.8. The summed E-state index contributed by atoms with van der Waals surface area (Å²) in [6, 6.07) is 1.61. The number of fused-ring (bicyclic) bond motifs is 1. The highest BCUT2D eigenvalue weighted by atomic mass is 35.5. The van der Waals surface area contributed by atoms with Crippen molar-refractivity contribution in [2.45, 2.75) is 33.6 Å². The molecule has 0 atom stereocenters. The van der Waals surface area contributed by atoms with E-state index in [4.69, 9.17) is 22.1 Å². The minimum atomic E-state index is -0.161. The van der Waals surface area contributed by atoms with Crippen LogP contribution < -0.4 is 11.1 Å². The molecular weight excluding hydrogens is 390 g/mol. The number of pyridine rings is 1. The van der Waals surface area contributed by atoms with Gasteiger partial charge < -0.3 is 20.7 Å². The highest BCUT2D eigenvalue weighted by Crippen LogP contribution is 2.25. The topological polar surface area (TPSA) is 84.9 Å². The fraction of sp³-hybridized carbons (Fsp3) is 0.619. The number of halogens is 1. The van der Waals surface area contributed by atoms with E-state index >= 15 is 0 Å². The first-order valence-electron chi connectivity index (χ1n) is 10.1. The fourth-order valence-electron chi connectivity index (χ4n) is 4.14. The van der Waals surface area contributed by atoms with Crippen molar-refractivity contribution in [1.29, 1.82) is 0 Å². The molecule has 160 valence electrons. The Hall–Kier alpha value is -1.83. The number of hydrogen-bond acceptors (Lipinski definition) is 5. The van der Waals surface area contributed by atoms with Crippen molar-refractivity contribution in [1.82, 2.24) is 19.6 Å². The number of anilines is 1. The predicted octanol–water partition coefficient (Wildman–Crippen LogP) is 2.99. The number of piperidine rings is 1. The minimum Gasteiger partial charge on any atom is -0.384 e. The highest BCUT2D eigenvalue weighted by Gasteiger charge is 2.26. The molecule has 0 radical (unpaired) electrons. The van der Waals surface area contributed by atoms with Crippen LogP contribution in [0.3, 0.4) is 0 Å². The van der Waals surface area contributed by atoms with Crippen molar-refractivity contribution in [3.05, 3.63) is 28.5 Å². The molecule has 0 aliphatic carbocycles. The second kappa shape index (κ2) is 8.90. The number of carbonyl (C=O) groups excluding carboxylic acids is 1. The van der Waals surface area contributed by atoms with E-state index < -0.39 is 0 Å². The average molecular weight is 422 g/mol. The first kappa shape index (κ1) is 21.9. The van der Waals surface area contributed by atoms with Gasteiger partial charge in [-0.1, -0.05) is 25.4 Å². The second-order valence-corrected chi connectivity index (χ2v) is 9.30. The van der Waals surface area contributed by atoms with Gasteiger partial charge in [-0.15, -0.1) is 0 Å². The normalized spacial score (nSPS) is 16.4. The van der Waals surface area contributed by atoms with E-state index in [1.54, 1.807) is 23.8 Å². The number of ether oxygens (including phenoxy) is 1. The van der Waals surface area contributed by atoms with E-state index in [9.17, 15) is 4.79 Å². The Morgan fingerprint density at radius 3 is 2.76 bits per heavy atom. The Morgan fingerprint density at radius 1 is 1.41 bits per heavy atom. The first-order valence-corrected chi connectivity index (χ1v) is 10.5. The Labute approximate surface area is 177 Å². The van der Waals surface area contributed by atoms with E-state index in [0.717, 1.165) is 44.8 Å². The van der Waals surface area contributed by atoms with Crippen LogP contribution >= 0.6 is 11.6 Å². The van der Waals surface area contributed by atoms with E-state index in [2.05, 4.69) is 29.0 Å². The van der Waals surface area contributed by atoms with Crippen molar-refractivity contribution in [3.63, 3.8) is 0 Å². The molecule has 1 aliphatic heterocycles. The van der Waals surface area contributed by atoms with Crippen LogP contribution in [0, 0.1) is 18.3 Å². The maximum atomic E-state index is 12.8. The summed E-state index contributed by atoms with van der Waals surface area (Å²) < 4.78 is 7.00. The number of nitrogens with one attached hydrogen (secondary N) is 1. The van der Waals surface area contributed by atoms with Gasteiger partial charge in [0.05, 0.1) is 22.9 Å². The number of rotatable bonds is 7. The van der Waals surface area contributed by atoms with Gasteiger partial charge in [0, 0.05) is 31.8 Å². The molecular formula is C21H32ClN5O2. The van der Waals surface area contributed by atoms with E-state index in [-0.39, 0.29) is 11.3 Å². The second-order valence-electron chi connectivity index (χ2n) is 8.89.